The number of hydrogen-bond acceptors (Lipinski definition) is 5. The molecule has 0 N–H and O–H groups in total. The van der Waals surface area contributed by atoms with Crippen molar-refractivity contribution in [2.45, 2.75) is 53.4 Å². The fourth-order valence-electron chi connectivity index (χ4n) is 3.68. The molecule has 1 amide bonds. The monoisotopic (exact) mass is 399 g/mol. The van der Waals surface area contributed by atoms with Gasteiger partial charge in [-0.2, -0.15) is 5.10 Å². The summed E-state index contributed by atoms with van der Waals surface area (Å²) in [6.45, 7) is 10.8. The quantitative estimate of drug-likeness (QED) is 0.723. The molecule has 1 aromatic heterocycles. The zero-order chi connectivity index (χ0) is 21.1. The first-order valence-corrected chi connectivity index (χ1v) is 9.94. The highest BCUT2D eigenvalue weighted by atomic mass is 16.5. The Morgan fingerprint density at radius 3 is 2.34 bits per heavy atom. The number of aryl methyl sites for hydroxylation is 2. The lowest BCUT2D eigenvalue weighted by Gasteiger charge is -2.35. The number of rotatable bonds is 5. The molecule has 0 radical (unpaired) electrons. The Morgan fingerprint density at radius 2 is 1.72 bits per heavy atom. The predicted octanol–water partition coefficient (Wildman–Crippen LogP) is 2.65. The molecule has 29 heavy (non-hydrogen) atoms. The second-order valence-electron chi connectivity index (χ2n) is 7.82. The number of nitrogens with zero attached hydrogens (tertiary/aromatic N) is 3. The molecule has 156 valence electrons. The summed E-state index contributed by atoms with van der Waals surface area (Å²) in [5.74, 6) is -0.722. The lowest BCUT2D eigenvalue weighted by Crippen LogP contribution is -2.49. The number of carbonyl (C=O) groups excluding carboxylic acids is 2. The van der Waals surface area contributed by atoms with E-state index in [9.17, 15) is 9.59 Å². The van der Waals surface area contributed by atoms with Crippen LogP contribution in [0.1, 0.15) is 46.7 Å². The van der Waals surface area contributed by atoms with E-state index in [1.165, 1.54) is 5.56 Å². The molecule has 1 aromatic carbocycles. The van der Waals surface area contributed by atoms with E-state index in [0.29, 0.717) is 30.9 Å². The Bertz CT molecular complexity index is 878. The van der Waals surface area contributed by atoms with Crippen LogP contribution in [0.4, 0.5) is 0 Å². The molecular formula is C22H29N3O4. The first-order chi connectivity index (χ1) is 13.7. The summed E-state index contributed by atoms with van der Waals surface area (Å²) in [4.78, 5) is 26.8. The van der Waals surface area contributed by atoms with Gasteiger partial charge >= 0.3 is 5.97 Å². The van der Waals surface area contributed by atoms with E-state index < -0.39 is 5.97 Å². The van der Waals surface area contributed by atoms with Gasteiger partial charge in [0, 0.05) is 13.1 Å². The lowest BCUT2D eigenvalue weighted by atomic mass is 10.1. The minimum absolute atomic E-state index is 0.0251. The number of esters is 1. The van der Waals surface area contributed by atoms with Gasteiger partial charge in [-0.1, -0.05) is 29.8 Å². The molecule has 7 heteroatoms. The van der Waals surface area contributed by atoms with Gasteiger partial charge < -0.3 is 14.4 Å². The number of benzene rings is 1. The smallest absolute Gasteiger partial charge is 0.342 e. The third kappa shape index (κ3) is 5.03. The van der Waals surface area contributed by atoms with Crippen molar-refractivity contribution >= 4 is 11.9 Å². The van der Waals surface area contributed by atoms with Gasteiger partial charge in [-0.05, 0) is 40.2 Å². The highest BCUT2D eigenvalue weighted by Gasteiger charge is 2.27. The Balaban J connectivity index is 1.64. The molecule has 3 rings (SSSR count). The molecule has 1 saturated heterocycles. The number of carbonyl (C=O) groups is 2. The number of ether oxygens (including phenoxy) is 2. The second-order valence-corrected chi connectivity index (χ2v) is 7.82. The maximum Gasteiger partial charge on any atom is 0.342 e. The van der Waals surface area contributed by atoms with Gasteiger partial charge in [0.05, 0.1) is 30.1 Å². The van der Waals surface area contributed by atoms with Gasteiger partial charge in [0.1, 0.15) is 5.56 Å². The number of amides is 1. The number of morpholine rings is 1. The van der Waals surface area contributed by atoms with Crippen molar-refractivity contribution in [1.82, 2.24) is 14.7 Å². The molecule has 2 atom stereocenters. The minimum atomic E-state index is -0.516. The van der Waals surface area contributed by atoms with Crippen molar-refractivity contribution in [2.75, 3.05) is 19.7 Å². The zero-order valence-electron chi connectivity index (χ0n) is 17.8. The van der Waals surface area contributed by atoms with Crippen LogP contribution in [0, 0.1) is 20.8 Å². The summed E-state index contributed by atoms with van der Waals surface area (Å²) in [7, 11) is 0. The van der Waals surface area contributed by atoms with Gasteiger partial charge in [-0.3, -0.25) is 9.48 Å². The third-order valence-corrected chi connectivity index (χ3v) is 5.14. The van der Waals surface area contributed by atoms with Crippen LogP contribution in [-0.2, 0) is 20.8 Å². The average Bonchev–Trinajstić information content (AvgIpc) is 2.94. The second kappa shape index (κ2) is 8.78. The van der Waals surface area contributed by atoms with Crippen LogP contribution in [-0.4, -0.2) is 58.5 Å². The van der Waals surface area contributed by atoms with Gasteiger partial charge in [-0.15, -0.1) is 0 Å². The molecule has 0 spiro atoms. The Morgan fingerprint density at radius 1 is 1.10 bits per heavy atom. The summed E-state index contributed by atoms with van der Waals surface area (Å²) in [6, 6.07) is 8.20. The van der Waals surface area contributed by atoms with Crippen molar-refractivity contribution in [3.63, 3.8) is 0 Å². The molecule has 2 heterocycles. The molecule has 0 unspecified atom stereocenters. The largest absolute Gasteiger partial charge is 0.452 e. The molecule has 0 saturated carbocycles. The van der Waals surface area contributed by atoms with Crippen molar-refractivity contribution in [1.29, 1.82) is 0 Å². The lowest BCUT2D eigenvalue weighted by molar-refractivity contribution is -0.146. The van der Waals surface area contributed by atoms with E-state index >= 15 is 0 Å². The van der Waals surface area contributed by atoms with Crippen LogP contribution < -0.4 is 0 Å². The Hall–Kier alpha value is -2.67. The molecule has 1 aliphatic rings. The Kier molecular flexibility index (Phi) is 6.37. The fourth-order valence-corrected chi connectivity index (χ4v) is 3.68. The van der Waals surface area contributed by atoms with Crippen molar-refractivity contribution in [2.24, 2.45) is 0 Å². The average molecular weight is 399 g/mol. The van der Waals surface area contributed by atoms with Crippen LogP contribution in [0.15, 0.2) is 24.3 Å². The van der Waals surface area contributed by atoms with Crippen LogP contribution >= 0.6 is 0 Å². The predicted molar refractivity (Wildman–Crippen MR) is 109 cm³/mol. The van der Waals surface area contributed by atoms with Crippen LogP contribution in [0.3, 0.4) is 0 Å². The normalized spacial score (nSPS) is 19.3. The summed E-state index contributed by atoms with van der Waals surface area (Å²) in [6.07, 6.45) is -0.0502. The van der Waals surface area contributed by atoms with Crippen molar-refractivity contribution in [3.8, 4) is 0 Å². The van der Waals surface area contributed by atoms with Crippen LogP contribution in [0.25, 0.3) is 0 Å². The standard InChI is InChI=1S/C22H29N3O4/c1-14-6-8-19(9-7-14)12-25-18(5)21(17(4)23-25)22(27)28-13-20(26)24-10-15(2)29-16(3)11-24/h6-9,15-16H,10-13H2,1-5H3/t15-,16-/m0/s1. The highest BCUT2D eigenvalue weighted by molar-refractivity contribution is 5.93. The van der Waals surface area contributed by atoms with Gasteiger partial charge in [0.25, 0.3) is 5.91 Å². The van der Waals surface area contributed by atoms with Crippen LogP contribution in [0.2, 0.25) is 0 Å². The van der Waals surface area contributed by atoms with E-state index in [1.807, 2.05) is 39.8 Å². The molecular weight excluding hydrogens is 370 g/mol. The molecule has 0 bridgehead atoms. The first kappa shape index (κ1) is 21.0. The highest BCUT2D eigenvalue weighted by Crippen LogP contribution is 2.17. The van der Waals surface area contributed by atoms with E-state index in [-0.39, 0.29) is 24.7 Å². The zero-order valence-corrected chi connectivity index (χ0v) is 17.8. The van der Waals surface area contributed by atoms with Crippen molar-refractivity contribution in [3.05, 3.63) is 52.3 Å². The van der Waals surface area contributed by atoms with Gasteiger partial charge in [0.2, 0.25) is 0 Å². The first-order valence-electron chi connectivity index (χ1n) is 9.94. The summed E-state index contributed by atoms with van der Waals surface area (Å²) in [5.41, 5.74) is 4.05. The molecule has 0 aliphatic carbocycles. The minimum Gasteiger partial charge on any atom is -0.452 e. The van der Waals surface area contributed by atoms with E-state index in [2.05, 4.69) is 17.2 Å². The SMILES string of the molecule is Cc1ccc(Cn2nc(C)c(C(=O)OCC(=O)N3C[C@H](C)O[C@@H](C)C3)c2C)cc1. The van der Waals surface area contributed by atoms with Gasteiger partial charge in [0.15, 0.2) is 6.61 Å². The third-order valence-electron chi connectivity index (χ3n) is 5.14. The van der Waals surface area contributed by atoms with Crippen LogP contribution in [0.5, 0.6) is 0 Å². The summed E-state index contributed by atoms with van der Waals surface area (Å²) >= 11 is 0. The topological polar surface area (TPSA) is 73.7 Å². The van der Waals surface area contributed by atoms with E-state index in [1.54, 1.807) is 16.5 Å². The van der Waals surface area contributed by atoms with Gasteiger partial charge in [-0.25, -0.2) is 4.79 Å². The van der Waals surface area contributed by atoms with E-state index in [4.69, 9.17) is 9.47 Å². The fraction of sp³-hybridized carbons (Fsp3) is 0.500. The maximum atomic E-state index is 12.6. The molecule has 2 aromatic rings. The molecule has 1 fully saturated rings. The molecule has 7 nitrogen and oxygen atoms in total. The summed E-state index contributed by atoms with van der Waals surface area (Å²) in [5, 5.41) is 4.49. The van der Waals surface area contributed by atoms with Crippen molar-refractivity contribution < 1.29 is 19.1 Å². The number of aromatic nitrogens is 2. The maximum absolute atomic E-state index is 12.6. The Labute approximate surface area is 171 Å². The summed E-state index contributed by atoms with van der Waals surface area (Å²) < 4.78 is 12.8. The molecule has 1 aliphatic heterocycles. The number of hydrogen-bond donors (Lipinski definition) is 0. The van der Waals surface area contributed by atoms with E-state index in [0.717, 1.165) is 11.3 Å².